The van der Waals surface area contributed by atoms with Gasteiger partial charge in [-0.25, -0.2) is 0 Å². The van der Waals surface area contributed by atoms with Crippen molar-refractivity contribution in [3.8, 4) is 0 Å². The van der Waals surface area contributed by atoms with Crippen LogP contribution in [0.25, 0.3) is 0 Å². The molecule has 0 unspecified atom stereocenters. The van der Waals surface area contributed by atoms with E-state index in [0.717, 1.165) is 6.42 Å². The summed E-state index contributed by atoms with van der Waals surface area (Å²) < 4.78 is 4.87. The Morgan fingerprint density at radius 3 is 2.18 bits per heavy atom. The summed E-state index contributed by atoms with van der Waals surface area (Å²) in [6.07, 6.45) is 12.5. The molecule has 0 fully saturated rings. The number of esters is 1. The van der Waals surface area contributed by atoms with E-state index in [1.165, 1.54) is 57.4 Å². The molecule has 0 saturated carbocycles. The summed E-state index contributed by atoms with van der Waals surface area (Å²) in [5.41, 5.74) is 1.33. The standard InChI is InChI=1S/C15H28O2/c1-4-5-6-7-8-9-10-11-14(2)12-13-17-15(3)16/h12H,4-11,13H2,1-3H3/b14-12-. The number of hydrogen-bond donors (Lipinski definition) is 0. The maximum absolute atomic E-state index is 10.6. The van der Waals surface area contributed by atoms with E-state index in [9.17, 15) is 4.79 Å². The Morgan fingerprint density at radius 1 is 1.00 bits per heavy atom. The number of unbranched alkanes of at least 4 members (excludes halogenated alkanes) is 6. The van der Waals surface area contributed by atoms with Crippen LogP contribution < -0.4 is 0 Å². The molecule has 100 valence electrons. The molecule has 0 rings (SSSR count). The van der Waals surface area contributed by atoms with E-state index in [4.69, 9.17) is 4.74 Å². The van der Waals surface area contributed by atoms with Crippen LogP contribution in [0.15, 0.2) is 11.6 Å². The van der Waals surface area contributed by atoms with Crippen molar-refractivity contribution in [3.05, 3.63) is 11.6 Å². The van der Waals surface area contributed by atoms with Crippen molar-refractivity contribution in [1.29, 1.82) is 0 Å². The van der Waals surface area contributed by atoms with E-state index in [-0.39, 0.29) is 5.97 Å². The van der Waals surface area contributed by atoms with Crippen LogP contribution in [0.3, 0.4) is 0 Å². The van der Waals surface area contributed by atoms with Crippen molar-refractivity contribution >= 4 is 5.97 Å². The van der Waals surface area contributed by atoms with Crippen LogP contribution in [0.1, 0.15) is 72.1 Å². The van der Waals surface area contributed by atoms with Crippen molar-refractivity contribution in [3.63, 3.8) is 0 Å². The summed E-state index contributed by atoms with van der Waals surface area (Å²) in [5, 5.41) is 0. The van der Waals surface area contributed by atoms with Gasteiger partial charge in [0.2, 0.25) is 0 Å². The zero-order valence-corrected chi connectivity index (χ0v) is 11.8. The summed E-state index contributed by atoms with van der Waals surface area (Å²) >= 11 is 0. The lowest BCUT2D eigenvalue weighted by Crippen LogP contribution is -1.98. The van der Waals surface area contributed by atoms with E-state index in [1.807, 2.05) is 6.08 Å². The quantitative estimate of drug-likeness (QED) is 0.316. The van der Waals surface area contributed by atoms with E-state index in [1.54, 1.807) is 0 Å². The molecule has 0 heterocycles. The summed E-state index contributed by atoms with van der Waals surface area (Å²) in [6, 6.07) is 0. The van der Waals surface area contributed by atoms with Gasteiger partial charge in [0.15, 0.2) is 0 Å². The molecule has 0 radical (unpaired) electrons. The van der Waals surface area contributed by atoms with Crippen LogP contribution in [-0.2, 0) is 9.53 Å². The van der Waals surface area contributed by atoms with Gasteiger partial charge in [0.1, 0.15) is 6.61 Å². The predicted molar refractivity (Wildman–Crippen MR) is 73.0 cm³/mol. The minimum absolute atomic E-state index is 0.204. The SMILES string of the molecule is CCCCCCCCC/C(C)=C\COC(C)=O. The van der Waals surface area contributed by atoms with Gasteiger partial charge < -0.3 is 4.74 Å². The highest BCUT2D eigenvalue weighted by Gasteiger charge is 1.94. The van der Waals surface area contributed by atoms with Crippen LogP contribution in [0, 0.1) is 0 Å². The van der Waals surface area contributed by atoms with Gasteiger partial charge in [-0.1, -0.05) is 51.0 Å². The van der Waals surface area contributed by atoms with E-state index < -0.39 is 0 Å². The fourth-order valence-corrected chi connectivity index (χ4v) is 1.76. The molecule has 0 bridgehead atoms. The highest BCUT2D eigenvalue weighted by molar-refractivity contribution is 5.66. The molecular formula is C15H28O2. The number of hydrogen-bond acceptors (Lipinski definition) is 2. The van der Waals surface area contributed by atoms with Crippen molar-refractivity contribution in [2.45, 2.75) is 72.1 Å². The first-order valence-corrected chi connectivity index (χ1v) is 6.95. The van der Waals surface area contributed by atoms with E-state index >= 15 is 0 Å². The molecule has 17 heavy (non-hydrogen) atoms. The summed E-state index contributed by atoms with van der Waals surface area (Å²) in [4.78, 5) is 10.6. The van der Waals surface area contributed by atoms with Crippen LogP contribution >= 0.6 is 0 Å². The van der Waals surface area contributed by atoms with Crippen LogP contribution in [-0.4, -0.2) is 12.6 Å². The zero-order chi connectivity index (χ0) is 12.9. The van der Waals surface area contributed by atoms with Gasteiger partial charge in [0.05, 0.1) is 0 Å². The third-order valence-corrected chi connectivity index (χ3v) is 2.89. The van der Waals surface area contributed by atoms with Gasteiger partial charge in [-0.05, 0) is 25.8 Å². The first kappa shape index (κ1) is 16.2. The van der Waals surface area contributed by atoms with Crippen molar-refractivity contribution in [1.82, 2.24) is 0 Å². The molecule has 0 aromatic heterocycles. The average molecular weight is 240 g/mol. The van der Waals surface area contributed by atoms with Gasteiger partial charge in [0.25, 0.3) is 0 Å². The molecule has 2 heteroatoms. The highest BCUT2D eigenvalue weighted by atomic mass is 16.5. The molecule has 0 saturated heterocycles. The van der Waals surface area contributed by atoms with Gasteiger partial charge >= 0.3 is 5.97 Å². The third kappa shape index (κ3) is 13.1. The number of rotatable bonds is 10. The fraction of sp³-hybridized carbons (Fsp3) is 0.800. The lowest BCUT2D eigenvalue weighted by Gasteiger charge is -2.03. The van der Waals surface area contributed by atoms with Gasteiger partial charge in [0, 0.05) is 6.92 Å². The molecule has 0 atom stereocenters. The third-order valence-electron chi connectivity index (χ3n) is 2.89. The summed E-state index contributed by atoms with van der Waals surface area (Å²) in [7, 11) is 0. The summed E-state index contributed by atoms with van der Waals surface area (Å²) in [6.45, 7) is 6.23. The second kappa shape index (κ2) is 11.7. The molecule has 0 aliphatic rings. The van der Waals surface area contributed by atoms with Crippen molar-refractivity contribution in [2.75, 3.05) is 6.61 Å². The predicted octanol–water partition coefficient (Wildman–Crippen LogP) is 4.64. The molecule has 0 aliphatic heterocycles. The van der Waals surface area contributed by atoms with Crippen molar-refractivity contribution < 1.29 is 9.53 Å². The minimum Gasteiger partial charge on any atom is -0.462 e. The highest BCUT2D eigenvalue weighted by Crippen LogP contribution is 2.11. The Balaban J connectivity index is 3.32. The Kier molecular flexibility index (Phi) is 11.1. The molecule has 0 spiro atoms. The second-order valence-corrected chi connectivity index (χ2v) is 4.72. The minimum atomic E-state index is -0.204. The number of carbonyl (C=O) groups is 1. The lowest BCUT2D eigenvalue weighted by atomic mass is 10.1. The van der Waals surface area contributed by atoms with E-state index in [2.05, 4.69) is 13.8 Å². The second-order valence-electron chi connectivity index (χ2n) is 4.72. The Labute approximate surface area is 106 Å². The molecule has 0 N–H and O–H groups in total. The largest absolute Gasteiger partial charge is 0.462 e. The molecule has 0 aromatic carbocycles. The molecular weight excluding hydrogens is 212 g/mol. The van der Waals surface area contributed by atoms with Crippen molar-refractivity contribution in [2.24, 2.45) is 0 Å². The van der Waals surface area contributed by atoms with Crippen LogP contribution in [0.5, 0.6) is 0 Å². The summed E-state index contributed by atoms with van der Waals surface area (Å²) in [5.74, 6) is -0.204. The Morgan fingerprint density at radius 2 is 1.59 bits per heavy atom. The Hall–Kier alpha value is -0.790. The number of ether oxygens (including phenoxy) is 1. The first-order chi connectivity index (χ1) is 8.16. The van der Waals surface area contributed by atoms with Gasteiger partial charge in [-0.2, -0.15) is 0 Å². The maximum Gasteiger partial charge on any atom is 0.302 e. The van der Waals surface area contributed by atoms with Gasteiger partial charge in [-0.15, -0.1) is 0 Å². The van der Waals surface area contributed by atoms with E-state index in [0.29, 0.717) is 6.61 Å². The molecule has 2 nitrogen and oxygen atoms in total. The molecule has 0 amide bonds. The fourth-order valence-electron chi connectivity index (χ4n) is 1.76. The monoisotopic (exact) mass is 240 g/mol. The zero-order valence-electron chi connectivity index (χ0n) is 11.8. The first-order valence-electron chi connectivity index (χ1n) is 6.95. The number of allylic oxidation sites excluding steroid dienone is 1. The maximum atomic E-state index is 10.6. The molecule has 0 aromatic rings. The Bertz CT molecular complexity index is 219. The normalized spacial score (nSPS) is 11.6. The van der Waals surface area contributed by atoms with Crippen LogP contribution in [0.2, 0.25) is 0 Å². The molecule has 0 aliphatic carbocycles. The lowest BCUT2D eigenvalue weighted by molar-refractivity contribution is -0.139. The number of carbonyl (C=O) groups excluding carboxylic acids is 1. The smallest absolute Gasteiger partial charge is 0.302 e. The average Bonchev–Trinajstić information content (AvgIpc) is 2.27. The topological polar surface area (TPSA) is 26.3 Å². The van der Waals surface area contributed by atoms with Gasteiger partial charge in [-0.3, -0.25) is 4.79 Å². The van der Waals surface area contributed by atoms with Crippen LogP contribution in [0.4, 0.5) is 0 Å².